The quantitative estimate of drug-likeness (QED) is 0.626. The molecule has 0 fully saturated rings. The minimum absolute atomic E-state index is 0.00396. The number of carbonyl (C=O) groups excluding carboxylic acids is 1. The second-order valence-electron chi connectivity index (χ2n) is 3.03. The van der Waals surface area contributed by atoms with Gasteiger partial charge in [0.15, 0.2) is 10.9 Å². The largest absolute Gasteiger partial charge is 0.292 e. The molecule has 0 aliphatic rings. The molecule has 0 unspecified atom stereocenters. The molecule has 0 N–H and O–H groups in total. The smallest absolute Gasteiger partial charge is 0.198 e. The van der Waals surface area contributed by atoms with Gasteiger partial charge in [0.25, 0.3) is 0 Å². The highest BCUT2D eigenvalue weighted by Gasteiger charge is 2.25. The summed E-state index contributed by atoms with van der Waals surface area (Å²) in [5.74, 6) is -0.292. The minimum atomic E-state index is -0.985. The Morgan fingerprint density at radius 3 is 2.50 bits per heavy atom. The summed E-state index contributed by atoms with van der Waals surface area (Å²) in [5.41, 5.74) is 0.624. The maximum Gasteiger partial charge on any atom is 0.198 e. The van der Waals surface area contributed by atoms with Crippen LogP contribution in [0.5, 0.6) is 0 Å². The maximum atomic E-state index is 11.9. The summed E-state index contributed by atoms with van der Waals surface area (Å²) in [7, 11) is 0. The molecule has 2 rings (SSSR count). The van der Waals surface area contributed by atoms with Gasteiger partial charge in [-0.1, -0.05) is 47.1 Å². The Morgan fingerprint density at radius 2 is 1.94 bits per heavy atom. The third-order valence-corrected chi connectivity index (χ3v) is 2.67. The Morgan fingerprint density at radius 1 is 1.25 bits per heavy atom. The van der Waals surface area contributed by atoms with Crippen LogP contribution < -0.4 is 0 Å². The molecule has 4 nitrogen and oxygen atoms in total. The van der Waals surface area contributed by atoms with E-state index in [2.05, 4.69) is 14.9 Å². The Kier molecular flexibility index (Phi) is 3.22. The molecular formula is C10H6Cl2N2O2. The van der Waals surface area contributed by atoms with Crippen molar-refractivity contribution in [3.8, 4) is 0 Å². The first-order valence-electron chi connectivity index (χ1n) is 4.41. The first kappa shape index (κ1) is 11.1. The van der Waals surface area contributed by atoms with Gasteiger partial charge in [0.1, 0.15) is 11.1 Å². The van der Waals surface area contributed by atoms with E-state index in [1.54, 1.807) is 24.3 Å². The molecule has 82 valence electrons. The Bertz CT molecular complexity index is 499. The van der Waals surface area contributed by atoms with Crippen LogP contribution in [0.1, 0.15) is 21.4 Å². The number of benzene rings is 1. The molecule has 0 saturated heterocycles. The summed E-state index contributed by atoms with van der Waals surface area (Å²) in [6.45, 7) is 0. The Hall–Kier alpha value is -1.39. The molecule has 1 aromatic carbocycles. The Balaban J connectivity index is 2.27. The molecule has 0 aliphatic carbocycles. The van der Waals surface area contributed by atoms with Crippen molar-refractivity contribution in [2.45, 2.75) is 5.38 Å². The zero-order valence-corrected chi connectivity index (χ0v) is 9.44. The Labute approximate surface area is 101 Å². The average molecular weight is 257 g/mol. The average Bonchev–Trinajstić information content (AvgIpc) is 2.75. The second kappa shape index (κ2) is 4.63. The van der Waals surface area contributed by atoms with Crippen molar-refractivity contribution in [3.63, 3.8) is 0 Å². The molecule has 2 aromatic rings. The number of rotatable bonds is 3. The van der Waals surface area contributed by atoms with Crippen molar-refractivity contribution in [3.05, 3.63) is 46.7 Å². The highest BCUT2D eigenvalue weighted by atomic mass is 35.5. The highest BCUT2D eigenvalue weighted by molar-refractivity contribution is 6.36. The van der Waals surface area contributed by atoms with E-state index in [0.717, 1.165) is 0 Å². The zero-order valence-electron chi connectivity index (χ0n) is 7.93. The molecule has 1 atom stereocenters. The van der Waals surface area contributed by atoms with Gasteiger partial charge in [-0.05, 0) is 5.16 Å². The van der Waals surface area contributed by atoms with E-state index in [1.807, 2.05) is 6.07 Å². The molecule has 0 saturated carbocycles. The van der Waals surface area contributed by atoms with Gasteiger partial charge in [-0.3, -0.25) is 4.79 Å². The number of hydrogen-bond donors (Lipinski definition) is 0. The third kappa shape index (κ3) is 2.08. The molecule has 1 heterocycles. The predicted octanol–water partition coefficient (Wildman–Crippen LogP) is 2.89. The molecule has 0 spiro atoms. The van der Waals surface area contributed by atoms with Gasteiger partial charge in [-0.25, -0.2) is 4.63 Å². The summed E-state index contributed by atoms with van der Waals surface area (Å²) in [4.78, 5) is 11.9. The van der Waals surface area contributed by atoms with Gasteiger partial charge in [0, 0.05) is 5.56 Å². The van der Waals surface area contributed by atoms with Crippen molar-refractivity contribution in [2.75, 3.05) is 0 Å². The number of halogens is 2. The van der Waals surface area contributed by atoms with E-state index in [1.165, 1.54) is 0 Å². The highest BCUT2D eigenvalue weighted by Crippen LogP contribution is 2.27. The number of aromatic nitrogens is 2. The first-order valence-corrected chi connectivity index (χ1v) is 5.23. The van der Waals surface area contributed by atoms with Crippen molar-refractivity contribution < 1.29 is 9.42 Å². The summed E-state index contributed by atoms with van der Waals surface area (Å²) in [5, 5.41) is 5.87. The van der Waals surface area contributed by atoms with E-state index in [9.17, 15) is 4.79 Å². The monoisotopic (exact) mass is 256 g/mol. The van der Waals surface area contributed by atoms with Crippen LogP contribution in [0.15, 0.2) is 35.0 Å². The minimum Gasteiger partial charge on any atom is -0.292 e. The van der Waals surface area contributed by atoms with Crippen molar-refractivity contribution in [2.24, 2.45) is 0 Å². The number of ketones is 1. The fraction of sp³-hybridized carbons (Fsp3) is 0.100. The fourth-order valence-electron chi connectivity index (χ4n) is 1.21. The van der Waals surface area contributed by atoms with Crippen LogP contribution in [0, 0.1) is 0 Å². The van der Waals surface area contributed by atoms with E-state index in [-0.39, 0.29) is 16.6 Å². The molecule has 0 radical (unpaired) electrons. The molecule has 6 heteroatoms. The van der Waals surface area contributed by atoms with E-state index >= 15 is 0 Å². The number of nitrogens with zero attached hydrogens (tertiary/aromatic N) is 2. The van der Waals surface area contributed by atoms with Crippen molar-refractivity contribution in [1.82, 2.24) is 10.3 Å². The van der Waals surface area contributed by atoms with Crippen LogP contribution in [0.25, 0.3) is 0 Å². The van der Waals surface area contributed by atoms with Gasteiger partial charge in [0.05, 0.1) is 0 Å². The SMILES string of the molecule is O=C(c1ccccc1)[C@H](Cl)c1nonc1Cl. The zero-order chi connectivity index (χ0) is 11.5. The fourth-order valence-corrected chi connectivity index (χ4v) is 1.71. The normalized spacial score (nSPS) is 12.4. The van der Waals surface area contributed by atoms with Crippen LogP contribution in [0.2, 0.25) is 5.15 Å². The van der Waals surface area contributed by atoms with Crippen molar-refractivity contribution in [1.29, 1.82) is 0 Å². The van der Waals surface area contributed by atoms with Crippen LogP contribution in [-0.4, -0.2) is 16.1 Å². The van der Waals surface area contributed by atoms with Gasteiger partial charge in [-0.2, -0.15) is 0 Å². The molecular weight excluding hydrogens is 251 g/mol. The van der Waals surface area contributed by atoms with Gasteiger partial charge in [-0.15, -0.1) is 11.6 Å². The standard InChI is InChI=1S/C10H6Cl2N2O2/c11-7(8-10(12)14-16-13-8)9(15)6-4-2-1-3-5-6/h1-5,7H/t7-/m1/s1. The third-order valence-electron chi connectivity index (χ3n) is 2.00. The van der Waals surface area contributed by atoms with E-state index < -0.39 is 5.38 Å². The molecule has 16 heavy (non-hydrogen) atoms. The summed E-state index contributed by atoms with van der Waals surface area (Å²) in [6.07, 6.45) is 0. The lowest BCUT2D eigenvalue weighted by Gasteiger charge is -2.04. The number of hydrogen-bond acceptors (Lipinski definition) is 4. The molecule has 0 bridgehead atoms. The lowest BCUT2D eigenvalue weighted by molar-refractivity contribution is 0.0984. The van der Waals surface area contributed by atoms with Crippen LogP contribution >= 0.6 is 23.2 Å². The predicted molar refractivity (Wildman–Crippen MR) is 58.7 cm³/mol. The van der Waals surface area contributed by atoms with E-state index in [4.69, 9.17) is 23.2 Å². The topological polar surface area (TPSA) is 56.0 Å². The number of carbonyl (C=O) groups is 1. The van der Waals surface area contributed by atoms with Crippen LogP contribution in [0.4, 0.5) is 0 Å². The lowest BCUT2D eigenvalue weighted by atomic mass is 10.1. The van der Waals surface area contributed by atoms with Crippen LogP contribution in [-0.2, 0) is 0 Å². The molecule has 0 amide bonds. The number of Topliss-reactive ketones (excluding diaryl/α,β-unsaturated/α-hetero) is 1. The van der Waals surface area contributed by atoms with Gasteiger partial charge >= 0.3 is 0 Å². The molecule has 1 aromatic heterocycles. The van der Waals surface area contributed by atoms with Crippen molar-refractivity contribution >= 4 is 29.0 Å². The maximum absolute atomic E-state index is 11.9. The summed E-state index contributed by atoms with van der Waals surface area (Å²) >= 11 is 11.6. The second-order valence-corrected chi connectivity index (χ2v) is 3.83. The van der Waals surface area contributed by atoms with Gasteiger partial charge < -0.3 is 0 Å². The number of alkyl halides is 1. The lowest BCUT2D eigenvalue weighted by Crippen LogP contribution is -2.08. The summed E-state index contributed by atoms with van der Waals surface area (Å²) < 4.78 is 4.38. The summed E-state index contributed by atoms with van der Waals surface area (Å²) in [6, 6.07) is 8.64. The first-order chi connectivity index (χ1) is 7.70. The van der Waals surface area contributed by atoms with E-state index in [0.29, 0.717) is 5.56 Å². The van der Waals surface area contributed by atoms with Crippen LogP contribution in [0.3, 0.4) is 0 Å². The molecule has 0 aliphatic heterocycles. The van der Waals surface area contributed by atoms with Gasteiger partial charge in [0.2, 0.25) is 0 Å².